The molecule has 130 valence electrons. The van der Waals surface area contributed by atoms with E-state index in [1.165, 1.54) is 0 Å². The SMILES string of the molecule is C[Si](C)(C)N(c1cccc2c1C(=O)c1ccccc1C2=O)[Si](C)(C)C. The number of hydrogen-bond donors (Lipinski definition) is 0. The number of nitrogens with zero attached hydrogens (tertiary/aromatic N) is 1. The second-order valence-electron chi connectivity index (χ2n) is 8.58. The van der Waals surface area contributed by atoms with Gasteiger partial charge in [-0.15, -0.1) is 0 Å². The molecular formula is C20H25NO2Si2. The first kappa shape index (κ1) is 17.8. The average molecular weight is 368 g/mol. The smallest absolute Gasteiger partial charge is 0.196 e. The third kappa shape index (κ3) is 2.91. The molecule has 0 fully saturated rings. The summed E-state index contributed by atoms with van der Waals surface area (Å²) in [6, 6.07) is 12.9. The summed E-state index contributed by atoms with van der Waals surface area (Å²) < 4.78 is 2.51. The quantitative estimate of drug-likeness (QED) is 0.615. The van der Waals surface area contributed by atoms with Crippen LogP contribution in [0.4, 0.5) is 5.69 Å². The van der Waals surface area contributed by atoms with E-state index in [9.17, 15) is 9.59 Å². The van der Waals surface area contributed by atoms with Crippen molar-refractivity contribution < 1.29 is 9.59 Å². The van der Waals surface area contributed by atoms with E-state index in [1.54, 1.807) is 18.2 Å². The van der Waals surface area contributed by atoms with Crippen LogP contribution in [0.2, 0.25) is 39.3 Å². The van der Waals surface area contributed by atoms with Crippen LogP contribution in [0.25, 0.3) is 0 Å². The Morgan fingerprint density at radius 3 is 1.64 bits per heavy atom. The lowest BCUT2D eigenvalue weighted by atomic mass is 9.83. The van der Waals surface area contributed by atoms with Gasteiger partial charge in [-0.1, -0.05) is 75.7 Å². The molecule has 0 unspecified atom stereocenters. The fourth-order valence-corrected chi connectivity index (χ4v) is 13.9. The molecule has 0 radical (unpaired) electrons. The van der Waals surface area contributed by atoms with Gasteiger partial charge in [0.1, 0.15) is 16.5 Å². The average Bonchev–Trinajstić information content (AvgIpc) is 2.50. The van der Waals surface area contributed by atoms with Crippen molar-refractivity contribution in [3.8, 4) is 0 Å². The summed E-state index contributed by atoms with van der Waals surface area (Å²) in [5.41, 5.74) is 3.13. The molecule has 5 heteroatoms. The van der Waals surface area contributed by atoms with Crippen LogP contribution in [0.15, 0.2) is 42.5 Å². The van der Waals surface area contributed by atoms with Gasteiger partial charge in [-0.2, -0.15) is 0 Å². The molecule has 0 atom stereocenters. The Hall–Kier alpha value is -1.99. The van der Waals surface area contributed by atoms with E-state index in [1.807, 2.05) is 24.3 Å². The first-order chi connectivity index (χ1) is 11.5. The molecule has 3 nitrogen and oxygen atoms in total. The summed E-state index contributed by atoms with van der Waals surface area (Å²) >= 11 is 0. The summed E-state index contributed by atoms with van der Waals surface area (Å²) in [4.78, 5) is 26.3. The largest absolute Gasteiger partial charge is 0.424 e. The monoisotopic (exact) mass is 367 g/mol. The molecule has 0 saturated carbocycles. The van der Waals surface area contributed by atoms with Gasteiger partial charge in [0.15, 0.2) is 11.6 Å². The van der Waals surface area contributed by atoms with Gasteiger partial charge in [0, 0.05) is 22.4 Å². The molecule has 0 aromatic heterocycles. The van der Waals surface area contributed by atoms with Gasteiger partial charge in [0.05, 0.1) is 5.56 Å². The van der Waals surface area contributed by atoms with Crippen LogP contribution >= 0.6 is 0 Å². The van der Waals surface area contributed by atoms with Gasteiger partial charge in [0.25, 0.3) is 0 Å². The van der Waals surface area contributed by atoms with E-state index in [4.69, 9.17) is 0 Å². The lowest BCUT2D eigenvalue weighted by Gasteiger charge is -2.47. The number of ketones is 2. The second-order valence-corrected chi connectivity index (χ2v) is 18.6. The predicted molar refractivity (Wildman–Crippen MR) is 109 cm³/mol. The van der Waals surface area contributed by atoms with Crippen molar-refractivity contribution in [3.63, 3.8) is 0 Å². The molecule has 2 aromatic rings. The van der Waals surface area contributed by atoms with Crippen LogP contribution in [-0.4, -0.2) is 28.0 Å². The summed E-state index contributed by atoms with van der Waals surface area (Å²) in [6.45, 7) is 13.8. The Bertz CT molecular complexity index is 862. The molecule has 0 bridgehead atoms. The van der Waals surface area contributed by atoms with E-state index in [0.717, 1.165) is 5.69 Å². The second kappa shape index (κ2) is 5.78. The Kier molecular flexibility index (Phi) is 4.12. The number of benzene rings is 2. The molecule has 0 heterocycles. The van der Waals surface area contributed by atoms with Crippen LogP contribution in [0.1, 0.15) is 31.8 Å². The first-order valence-electron chi connectivity index (χ1n) is 8.65. The van der Waals surface area contributed by atoms with E-state index in [2.05, 4.69) is 43.5 Å². The van der Waals surface area contributed by atoms with Gasteiger partial charge in [0.2, 0.25) is 0 Å². The lowest BCUT2D eigenvalue weighted by molar-refractivity contribution is 0.0979. The van der Waals surface area contributed by atoms with Crippen molar-refractivity contribution in [1.82, 2.24) is 0 Å². The van der Waals surface area contributed by atoms with E-state index >= 15 is 0 Å². The van der Waals surface area contributed by atoms with Crippen LogP contribution in [0.5, 0.6) is 0 Å². The number of rotatable bonds is 3. The lowest BCUT2D eigenvalue weighted by Crippen LogP contribution is -2.60. The summed E-state index contributed by atoms with van der Waals surface area (Å²) in [5.74, 6) is -0.0690. The Morgan fingerprint density at radius 2 is 1.12 bits per heavy atom. The maximum Gasteiger partial charge on any atom is 0.196 e. The standard InChI is InChI=1S/C20H25NO2Si2/c1-24(2,3)21(25(4,5)6)17-13-9-12-16-18(17)20(23)15-11-8-7-10-14(15)19(16)22/h7-13H,1-6H3. The van der Waals surface area contributed by atoms with Gasteiger partial charge in [-0.05, 0) is 6.07 Å². The molecule has 0 saturated heterocycles. The highest BCUT2D eigenvalue weighted by Gasteiger charge is 2.39. The molecule has 0 spiro atoms. The van der Waals surface area contributed by atoms with Gasteiger partial charge in [-0.25, -0.2) is 0 Å². The highest BCUT2D eigenvalue weighted by molar-refractivity contribution is 6.99. The van der Waals surface area contributed by atoms with E-state index in [0.29, 0.717) is 22.3 Å². The third-order valence-electron chi connectivity index (χ3n) is 4.51. The minimum Gasteiger partial charge on any atom is -0.424 e. The summed E-state index contributed by atoms with van der Waals surface area (Å²) in [7, 11) is -3.47. The normalized spacial score (nSPS) is 14.2. The van der Waals surface area contributed by atoms with Crippen LogP contribution < -0.4 is 4.23 Å². The maximum atomic E-state index is 13.3. The molecule has 2 aromatic carbocycles. The van der Waals surface area contributed by atoms with Gasteiger partial charge >= 0.3 is 0 Å². The zero-order valence-corrected chi connectivity index (χ0v) is 17.8. The Morgan fingerprint density at radius 1 is 0.640 bits per heavy atom. The molecule has 0 N–H and O–H groups in total. The van der Waals surface area contributed by atoms with E-state index < -0.39 is 16.5 Å². The molecule has 3 rings (SSSR count). The van der Waals surface area contributed by atoms with Crippen molar-refractivity contribution >= 4 is 33.7 Å². The summed E-state index contributed by atoms with van der Waals surface area (Å²) in [6.07, 6.45) is 0. The fourth-order valence-electron chi connectivity index (χ4n) is 4.04. The van der Waals surface area contributed by atoms with Crippen molar-refractivity contribution in [2.24, 2.45) is 0 Å². The van der Waals surface area contributed by atoms with Gasteiger partial charge < -0.3 is 4.23 Å². The van der Waals surface area contributed by atoms with Crippen molar-refractivity contribution in [1.29, 1.82) is 0 Å². The minimum atomic E-state index is -1.73. The summed E-state index contributed by atoms with van der Waals surface area (Å²) in [5, 5.41) is 0. The molecule has 0 aliphatic heterocycles. The van der Waals surface area contributed by atoms with Crippen molar-refractivity contribution in [2.45, 2.75) is 39.3 Å². The maximum absolute atomic E-state index is 13.3. The minimum absolute atomic E-state index is 0.0256. The Labute approximate surface area is 151 Å². The number of anilines is 1. The van der Waals surface area contributed by atoms with Crippen LogP contribution in [-0.2, 0) is 0 Å². The Balaban J connectivity index is 2.31. The third-order valence-corrected chi connectivity index (χ3v) is 11.7. The van der Waals surface area contributed by atoms with Crippen molar-refractivity contribution in [2.75, 3.05) is 4.23 Å². The topological polar surface area (TPSA) is 37.4 Å². The van der Waals surface area contributed by atoms with Crippen molar-refractivity contribution in [3.05, 3.63) is 64.7 Å². The number of carbonyl (C=O) groups is 2. The van der Waals surface area contributed by atoms with Crippen LogP contribution in [0.3, 0.4) is 0 Å². The molecule has 0 amide bonds. The fraction of sp³-hybridized carbons (Fsp3) is 0.300. The number of hydrogen-bond acceptors (Lipinski definition) is 3. The van der Waals surface area contributed by atoms with E-state index in [-0.39, 0.29) is 11.6 Å². The molecule has 25 heavy (non-hydrogen) atoms. The molecular weight excluding hydrogens is 342 g/mol. The molecule has 1 aliphatic carbocycles. The first-order valence-corrected chi connectivity index (χ1v) is 15.5. The molecule has 1 aliphatic rings. The van der Waals surface area contributed by atoms with Gasteiger partial charge in [-0.3, -0.25) is 9.59 Å². The predicted octanol–water partition coefficient (Wildman–Crippen LogP) is 4.94. The zero-order valence-electron chi connectivity index (χ0n) is 15.8. The number of fused-ring (bicyclic) bond motifs is 2. The highest BCUT2D eigenvalue weighted by Crippen LogP contribution is 2.37. The number of carbonyl (C=O) groups excluding carboxylic acids is 2. The highest BCUT2D eigenvalue weighted by atomic mass is 28.4. The van der Waals surface area contributed by atoms with Crippen LogP contribution in [0, 0.1) is 0 Å². The zero-order chi connectivity index (χ0) is 18.6.